The van der Waals surface area contributed by atoms with Gasteiger partial charge in [-0.1, -0.05) is 57.6 Å². The fraction of sp³-hybridized carbons (Fsp3) is 0.265. The number of hydrogen-bond donors (Lipinski definition) is 0. The highest BCUT2D eigenvalue weighted by molar-refractivity contribution is 9.10. The van der Waals surface area contributed by atoms with Crippen molar-refractivity contribution in [3.05, 3.63) is 111 Å². The molecule has 2 heterocycles. The second-order valence-electron chi connectivity index (χ2n) is 10.1. The van der Waals surface area contributed by atoms with Crippen molar-refractivity contribution < 1.29 is 28.5 Å². The second-order valence-corrected chi connectivity index (χ2v) is 12.8. The molecule has 12 heteroatoms. The Morgan fingerprint density at radius 2 is 1.70 bits per heavy atom. The van der Waals surface area contributed by atoms with E-state index in [1.165, 1.54) is 15.9 Å². The summed E-state index contributed by atoms with van der Waals surface area (Å²) in [7, 11) is 3.11. The van der Waals surface area contributed by atoms with Crippen LogP contribution in [0.3, 0.4) is 0 Å². The molecule has 1 aliphatic heterocycles. The quantitative estimate of drug-likeness (QED) is 0.165. The van der Waals surface area contributed by atoms with Crippen LogP contribution in [0.15, 0.2) is 84.6 Å². The molecule has 0 saturated carbocycles. The molecule has 0 bridgehead atoms. The van der Waals surface area contributed by atoms with Gasteiger partial charge in [0.05, 0.1) is 53.8 Å². The van der Waals surface area contributed by atoms with Gasteiger partial charge in [0, 0.05) is 4.47 Å². The van der Waals surface area contributed by atoms with Gasteiger partial charge in [-0.3, -0.25) is 9.36 Å². The first kappa shape index (κ1) is 33.5. The Kier molecular flexibility index (Phi) is 10.7. The van der Waals surface area contributed by atoms with Gasteiger partial charge in [-0.2, -0.15) is 0 Å². The van der Waals surface area contributed by atoms with E-state index in [1.54, 1.807) is 46.3 Å². The summed E-state index contributed by atoms with van der Waals surface area (Å²) in [4.78, 5) is 32.7. The number of carbonyl (C=O) groups is 1. The summed E-state index contributed by atoms with van der Waals surface area (Å²) in [5, 5.41) is 0. The lowest BCUT2D eigenvalue weighted by Crippen LogP contribution is -2.40. The molecular weight excluding hydrogens is 740 g/mol. The molecule has 1 atom stereocenters. The van der Waals surface area contributed by atoms with Gasteiger partial charge in [0.2, 0.25) is 0 Å². The minimum Gasteiger partial charge on any atom is -0.493 e. The summed E-state index contributed by atoms with van der Waals surface area (Å²) in [6.45, 7) is 6.32. The Hall–Kier alpha value is -3.87. The number of aromatic nitrogens is 1. The van der Waals surface area contributed by atoms with Gasteiger partial charge in [0.1, 0.15) is 6.61 Å². The van der Waals surface area contributed by atoms with Crippen molar-refractivity contribution in [3.8, 4) is 23.0 Å². The van der Waals surface area contributed by atoms with Crippen LogP contribution >= 0.6 is 43.2 Å². The molecule has 0 aliphatic carbocycles. The number of hydrogen-bond acceptors (Lipinski definition) is 9. The van der Waals surface area contributed by atoms with Crippen LogP contribution in [0.2, 0.25) is 0 Å². The third-order valence-electron chi connectivity index (χ3n) is 7.17. The topological polar surface area (TPSA) is 97.6 Å². The lowest BCUT2D eigenvalue weighted by atomic mass is 9.95. The van der Waals surface area contributed by atoms with Crippen molar-refractivity contribution in [2.75, 3.05) is 27.4 Å². The summed E-state index contributed by atoms with van der Waals surface area (Å²) in [6, 6.07) is 16.2. The van der Waals surface area contributed by atoms with E-state index < -0.39 is 12.0 Å². The summed E-state index contributed by atoms with van der Waals surface area (Å²) < 4.78 is 31.8. The molecule has 9 nitrogen and oxygen atoms in total. The van der Waals surface area contributed by atoms with E-state index in [4.69, 9.17) is 23.7 Å². The van der Waals surface area contributed by atoms with Gasteiger partial charge in [-0.15, -0.1) is 0 Å². The molecule has 0 radical (unpaired) electrons. The average Bonchev–Trinajstić information content (AvgIpc) is 3.34. The number of methoxy groups -OCH3 is 2. The monoisotopic (exact) mass is 770 g/mol. The zero-order valence-corrected chi connectivity index (χ0v) is 29.9. The number of benzene rings is 3. The number of ether oxygens (including phenoxy) is 5. The maximum absolute atomic E-state index is 14.2. The molecular formula is C34H32Br2N2O7S. The lowest BCUT2D eigenvalue weighted by Gasteiger charge is -2.26. The Bertz CT molecular complexity index is 1990. The van der Waals surface area contributed by atoms with Crippen molar-refractivity contribution in [2.45, 2.75) is 33.4 Å². The van der Waals surface area contributed by atoms with Crippen LogP contribution < -0.4 is 33.8 Å². The van der Waals surface area contributed by atoms with E-state index in [0.29, 0.717) is 71.3 Å². The number of thiazole rings is 1. The minimum absolute atomic E-state index is 0.169. The van der Waals surface area contributed by atoms with Crippen LogP contribution in [0.1, 0.15) is 43.5 Å². The third kappa shape index (κ3) is 6.79. The molecule has 0 unspecified atom stereocenters. The Balaban J connectivity index is 1.63. The van der Waals surface area contributed by atoms with Crippen molar-refractivity contribution >= 4 is 55.2 Å². The highest BCUT2D eigenvalue weighted by Gasteiger charge is 2.35. The Morgan fingerprint density at radius 1 is 0.957 bits per heavy atom. The number of esters is 1. The number of carbonyl (C=O) groups excluding carboxylic acids is 1. The van der Waals surface area contributed by atoms with Crippen LogP contribution in [0.5, 0.6) is 23.0 Å². The molecule has 0 amide bonds. The van der Waals surface area contributed by atoms with E-state index in [2.05, 4.69) is 36.9 Å². The van der Waals surface area contributed by atoms with Gasteiger partial charge in [0.25, 0.3) is 5.56 Å². The first-order valence-corrected chi connectivity index (χ1v) is 16.8. The predicted octanol–water partition coefficient (Wildman–Crippen LogP) is 6.32. The van der Waals surface area contributed by atoms with E-state index in [1.807, 2.05) is 49.4 Å². The SMILES string of the molecule is CCOC(=O)C1=C(C)N=c2s/c(=C/c3cc(Br)c(OCc4ccccc4)c(OC)c3)c(=O)n2[C@H]1c1cc(OC)c(OCC)cc1Br. The first-order chi connectivity index (χ1) is 22.2. The molecule has 240 valence electrons. The number of halogens is 2. The van der Waals surface area contributed by atoms with Crippen molar-refractivity contribution in [3.63, 3.8) is 0 Å². The highest BCUT2D eigenvalue weighted by Crippen LogP contribution is 2.41. The molecule has 3 aromatic carbocycles. The molecule has 46 heavy (non-hydrogen) atoms. The zero-order chi connectivity index (χ0) is 33.0. The minimum atomic E-state index is -0.841. The van der Waals surface area contributed by atoms with Crippen LogP contribution in [0.25, 0.3) is 6.08 Å². The summed E-state index contributed by atoms with van der Waals surface area (Å²) in [5.74, 6) is 1.50. The predicted molar refractivity (Wildman–Crippen MR) is 184 cm³/mol. The van der Waals surface area contributed by atoms with E-state index in [0.717, 1.165) is 5.56 Å². The maximum Gasteiger partial charge on any atom is 0.338 e. The van der Waals surface area contributed by atoms with Crippen LogP contribution in [0, 0.1) is 0 Å². The number of fused-ring (bicyclic) bond motifs is 1. The molecule has 0 spiro atoms. The highest BCUT2D eigenvalue weighted by atomic mass is 79.9. The summed E-state index contributed by atoms with van der Waals surface area (Å²) >= 11 is 8.50. The molecule has 0 N–H and O–H groups in total. The molecule has 0 fully saturated rings. The van der Waals surface area contributed by atoms with E-state index in [-0.39, 0.29) is 17.7 Å². The fourth-order valence-corrected chi connectivity index (χ4v) is 7.28. The zero-order valence-electron chi connectivity index (χ0n) is 25.9. The Labute approximate surface area is 287 Å². The van der Waals surface area contributed by atoms with Crippen molar-refractivity contribution in [1.82, 2.24) is 4.57 Å². The lowest BCUT2D eigenvalue weighted by molar-refractivity contribution is -0.139. The summed E-state index contributed by atoms with van der Waals surface area (Å²) in [6.07, 6.45) is 1.77. The van der Waals surface area contributed by atoms with Gasteiger partial charge < -0.3 is 23.7 Å². The first-order valence-electron chi connectivity index (χ1n) is 14.4. The average molecular weight is 773 g/mol. The fourth-order valence-electron chi connectivity index (χ4n) is 5.12. The van der Waals surface area contributed by atoms with E-state index >= 15 is 0 Å². The molecule has 4 aromatic rings. The largest absolute Gasteiger partial charge is 0.493 e. The van der Waals surface area contributed by atoms with E-state index in [9.17, 15) is 9.59 Å². The van der Waals surface area contributed by atoms with Crippen LogP contribution in [-0.4, -0.2) is 38.0 Å². The second kappa shape index (κ2) is 14.7. The molecule has 1 aliphatic rings. The van der Waals surface area contributed by atoms with Crippen LogP contribution in [0.4, 0.5) is 0 Å². The van der Waals surface area contributed by atoms with Gasteiger partial charge in [-0.05, 0) is 83.7 Å². The third-order valence-corrected chi connectivity index (χ3v) is 9.43. The normalized spacial score (nSPS) is 14.4. The number of rotatable bonds is 11. The van der Waals surface area contributed by atoms with Gasteiger partial charge >= 0.3 is 5.97 Å². The van der Waals surface area contributed by atoms with Crippen LogP contribution in [-0.2, 0) is 16.1 Å². The van der Waals surface area contributed by atoms with Crippen molar-refractivity contribution in [1.29, 1.82) is 0 Å². The van der Waals surface area contributed by atoms with Gasteiger partial charge in [0.15, 0.2) is 27.8 Å². The molecule has 5 rings (SSSR count). The molecule has 1 aromatic heterocycles. The molecule has 0 saturated heterocycles. The Morgan fingerprint density at radius 3 is 2.37 bits per heavy atom. The maximum atomic E-state index is 14.2. The summed E-state index contributed by atoms with van der Waals surface area (Å²) in [5.41, 5.74) is 2.75. The number of nitrogens with zero attached hydrogens (tertiary/aromatic N) is 2. The smallest absolute Gasteiger partial charge is 0.338 e. The number of allylic oxidation sites excluding steroid dienone is 1. The van der Waals surface area contributed by atoms with Gasteiger partial charge in [-0.25, -0.2) is 9.79 Å². The van der Waals surface area contributed by atoms with Crippen molar-refractivity contribution in [2.24, 2.45) is 4.99 Å². The standard InChI is InChI=1S/C34H32Br2N2O7S/c1-6-43-26-17-23(35)22(16-25(26)41-4)30-29(33(40)44-7-2)19(3)37-34-38(30)32(39)28(46-34)15-21-13-24(36)31(27(14-21)42-5)45-18-20-11-9-8-10-12-20/h8-17,30H,6-7,18H2,1-5H3/b28-15+/t30-/m0/s1.